The van der Waals surface area contributed by atoms with E-state index in [1.54, 1.807) is 0 Å². The largest absolute Gasteiger partial charge is 0.480 e. The molecule has 0 saturated carbocycles. The smallest absolute Gasteiger partial charge is 0.408 e. The molecular weight excluding hydrogens is 296 g/mol. The van der Waals surface area contributed by atoms with Gasteiger partial charge in [-0.25, -0.2) is 9.59 Å². The van der Waals surface area contributed by atoms with Gasteiger partial charge in [-0.05, 0) is 31.4 Å². The molecule has 0 unspecified atom stereocenters. The fourth-order valence-electron chi connectivity index (χ4n) is 1.66. The van der Waals surface area contributed by atoms with Crippen LogP contribution in [0.4, 0.5) is 4.79 Å². The maximum absolute atomic E-state index is 11.5. The first-order valence-electron chi connectivity index (χ1n) is 6.53. The first-order chi connectivity index (χ1) is 9.63. The topological polar surface area (TPSA) is 102 Å². The van der Waals surface area contributed by atoms with Gasteiger partial charge in [-0.15, -0.1) is 12.4 Å². The lowest BCUT2D eigenvalue weighted by Gasteiger charge is -2.14. The summed E-state index contributed by atoms with van der Waals surface area (Å²) in [6.45, 7) is 0.618. The Kier molecular flexibility index (Phi) is 10.0. The number of nitrogens with two attached hydrogens (primary N) is 1. The van der Waals surface area contributed by atoms with E-state index in [0.29, 0.717) is 19.4 Å². The molecule has 0 spiro atoms. The summed E-state index contributed by atoms with van der Waals surface area (Å²) in [4.78, 5) is 22.5. The van der Waals surface area contributed by atoms with Crippen LogP contribution in [0.1, 0.15) is 24.8 Å². The van der Waals surface area contributed by atoms with Gasteiger partial charge in [-0.2, -0.15) is 0 Å². The first kappa shape index (κ1) is 19.2. The molecule has 4 N–H and O–H groups in total. The van der Waals surface area contributed by atoms with Gasteiger partial charge in [-0.3, -0.25) is 0 Å². The molecule has 1 aromatic carbocycles. The summed E-state index contributed by atoms with van der Waals surface area (Å²) in [7, 11) is 0. The highest BCUT2D eigenvalue weighted by molar-refractivity contribution is 5.85. The van der Waals surface area contributed by atoms with Crippen LogP contribution in [0.3, 0.4) is 0 Å². The van der Waals surface area contributed by atoms with Crippen molar-refractivity contribution in [2.75, 3.05) is 6.54 Å². The van der Waals surface area contributed by atoms with Crippen molar-refractivity contribution in [2.45, 2.75) is 31.9 Å². The normalized spacial score (nSPS) is 11.1. The zero-order valence-corrected chi connectivity index (χ0v) is 12.5. The summed E-state index contributed by atoms with van der Waals surface area (Å²) in [5, 5.41) is 11.3. The fraction of sp³-hybridized carbons (Fsp3) is 0.429. The number of nitrogens with one attached hydrogen (secondary N) is 1. The van der Waals surface area contributed by atoms with Gasteiger partial charge in [0, 0.05) is 0 Å². The highest BCUT2D eigenvalue weighted by atomic mass is 35.5. The van der Waals surface area contributed by atoms with Crippen molar-refractivity contribution in [3.8, 4) is 0 Å². The molecule has 0 saturated heterocycles. The Morgan fingerprint density at radius 2 is 1.90 bits per heavy atom. The third-order valence-electron chi connectivity index (χ3n) is 2.75. The van der Waals surface area contributed by atoms with Crippen LogP contribution in [0.25, 0.3) is 0 Å². The van der Waals surface area contributed by atoms with Crippen LogP contribution >= 0.6 is 12.4 Å². The van der Waals surface area contributed by atoms with E-state index in [0.717, 1.165) is 12.0 Å². The predicted octanol–water partition coefficient (Wildman–Crippen LogP) is 1.92. The Bertz CT molecular complexity index is 428. The van der Waals surface area contributed by atoms with Crippen molar-refractivity contribution in [3.05, 3.63) is 35.9 Å². The maximum atomic E-state index is 11.5. The van der Waals surface area contributed by atoms with Crippen molar-refractivity contribution in [3.63, 3.8) is 0 Å². The SMILES string of the molecule is Cl.NCCCC[C@H](NC(=O)OCc1ccccc1)C(=O)O. The van der Waals surface area contributed by atoms with E-state index >= 15 is 0 Å². The molecule has 6 nitrogen and oxygen atoms in total. The number of rotatable bonds is 8. The Morgan fingerprint density at radius 1 is 1.24 bits per heavy atom. The van der Waals surface area contributed by atoms with E-state index in [-0.39, 0.29) is 19.0 Å². The van der Waals surface area contributed by atoms with Gasteiger partial charge in [0.1, 0.15) is 12.6 Å². The Hall–Kier alpha value is -1.79. The van der Waals surface area contributed by atoms with Gasteiger partial charge in [-0.1, -0.05) is 30.3 Å². The van der Waals surface area contributed by atoms with Crippen LogP contribution in [-0.4, -0.2) is 29.8 Å². The minimum Gasteiger partial charge on any atom is -0.480 e. The second-order valence-corrected chi connectivity index (χ2v) is 4.38. The zero-order chi connectivity index (χ0) is 14.8. The fourth-order valence-corrected chi connectivity index (χ4v) is 1.66. The molecule has 0 aliphatic carbocycles. The molecule has 118 valence electrons. The molecule has 21 heavy (non-hydrogen) atoms. The Morgan fingerprint density at radius 3 is 2.48 bits per heavy atom. The quantitative estimate of drug-likeness (QED) is 0.636. The summed E-state index contributed by atoms with van der Waals surface area (Å²) in [6.07, 6.45) is 0.984. The standard InChI is InChI=1S/C14H20N2O4.ClH/c15-9-5-4-8-12(13(17)18)16-14(19)20-10-11-6-2-1-3-7-11;/h1-3,6-7,12H,4-5,8-10,15H2,(H,16,19)(H,17,18);1H/t12-;/m0./s1. The van der Waals surface area contributed by atoms with Crippen molar-refractivity contribution in [2.24, 2.45) is 5.73 Å². The first-order valence-corrected chi connectivity index (χ1v) is 6.53. The summed E-state index contributed by atoms with van der Waals surface area (Å²) in [5.74, 6) is -1.07. The number of alkyl carbamates (subject to hydrolysis) is 1. The second kappa shape index (κ2) is 10.9. The average molecular weight is 317 g/mol. The predicted molar refractivity (Wildman–Crippen MR) is 81.3 cm³/mol. The zero-order valence-electron chi connectivity index (χ0n) is 11.7. The molecule has 0 aromatic heterocycles. The van der Waals surface area contributed by atoms with Gasteiger partial charge < -0.3 is 20.9 Å². The summed E-state index contributed by atoms with van der Waals surface area (Å²) in [6, 6.07) is 8.24. The van der Waals surface area contributed by atoms with E-state index in [1.807, 2.05) is 30.3 Å². The van der Waals surface area contributed by atoms with Gasteiger partial charge in [0.25, 0.3) is 0 Å². The highest BCUT2D eigenvalue weighted by Gasteiger charge is 2.19. The second-order valence-electron chi connectivity index (χ2n) is 4.38. The molecule has 0 aliphatic rings. The molecule has 0 fully saturated rings. The van der Waals surface area contributed by atoms with Crippen LogP contribution in [0.5, 0.6) is 0 Å². The van der Waals surface area contributed by atoms with E-state index < -0.39 is 18.1 Å². The summed E-state index contributed by atoms with van der Waals surface area (Å²) in [5.41, 5.74) is 6.19. The molecule has 7 heteroatoms. The third kappa shape index (κ3) is 8.16. The number of hydrogen-bond donors (Lipinski definition) is 3. The summed E-state index contributed by atoms with van der Waals surface area (Å²) >= 11 is 0. The van der Waals surface area contributed by atoms with Crippen LogP contribution < -0.4 is 11.1 Å². The van der Waals surface area contributed by atoms with Crippen molar-refractivity contribution >= 4 is 24.5 Å². The molecule has 0 radical (unpaired) electrons. The number of carbonyl (C=O) groups is 2. The number of hydrogen-bond acceptors (Lipinski definition) is 4. The molecule has 1 amide bonds. The van der Waals surface area contributed by atoms with Gasteiger partial charge in [0.05, 0.1) is 0 Å². The van der Waals surface area contributed by atoms with Gasteiger partial charge in [0.15, 0.2) is 0 Å². The molecule has 1 rings (SSSR count). The van der Waals surface area contributed by atoms with Crippen molar-refractivity contribution in [1.29, 1.82) is 0 Å². The van der Waals surface area contributed by atoms with Crippen molar-refractivity contribution < 1.29 is 19.4 Å². The minimum absolute atomic E-state index is 0. The lowest BCUT2D eigenvalue weighted by atomic mass is 10.1. The van der Waals surface area contributed by atoms with Crippen molar-refractivity contribution in [1.82, 2.24) is 5.32 Å². The Balaban J connectivity index is 0.00000400. The number of carboxylic acid groups (broad SMARTS) is 1. The van der Waals surface area contributed by atoms with E-state index in [1.165, 1.54) is 0 Å². The molecule has 0 bridgehead atoms. The monoisotopic (exact) mass is 316 g/mol. The van der Waals surface area contributed by atoms with Crippen LogP contribution in [0.2, 0.25) is 0 Å². The van der Waals surface area contributed by atoms with Gasteiger partial charge in [0.2, 0.25) is 0 Å². The molecule has 1 aromatic rings. The maximum Gasteiger partial charge on any atom is 0.408 e. The lowest BCUT2D eigenvalue weighted by Crippen LogP contribution is -2.41. The number of ether oxygens (including phenoxy) is 1. The lowest BCUT2D eigenvalue weighted by molar-refractivity contribution is -0.139. The van der Waals surface area contributed by atoms with Crippen LogP contribution in [0.15, 0.2) is 30.3 Å². The molecule has 0 heterocycles. The number of amides is 1. The van der Waals surface area contributed by atoms with Gasteiger partial charge >= 0.3 is 12.1 Å². The average Bonchev–Trinajstić information content (AvgIpc) is 2.45. The third-order valence-corrected chi connectivity index (χ3v) is 2.75. The number of aliphatic carboxylic acids is 1. The van der Waals surface area contributed by atoms with Crippen LogP contribution in [0, 0.1) is 0 Å². The molecule has 0 aliphatic heterocycles. The Labute approximate surface area is 130 Å². The minimum atomic E-state index is -1.07. The molecule has 1 atom stereocenters. The van der Waals surface area contributed by atoms with E-state index in [4.69, 9.17) is 15.6 Å². The van der Waals surface area contributed by atoms with E-state index in [9.17, 15) is 9.59 Å². The van der Waals surface area contributed by atoms with Crippen LogP contribution in [-0.2, 0) is 16.1 Å². The molecular formula is C14H21ClN2O4. The number of unbranched alkanes of at least 4 members (excludes halogenated alkanes) is 1. The number of carboxylic acids is 1. The van der Waals surface area contributed by atoms with E-state index in [2.05, 4.69) is 5.32 Å². The summed E-state index contributed by atoms with van der Waals surface area (Å²) < 4.78 is 4.98. The highest BCUT2D eigenvalue weighted by Crippen LogP contribution is 2.03. The number of benzene rings is 1. The number of halogens is 1. The number of carbonyl (C=O) groups excluding carboxylic acids is 1.